The van der Waals surface area contributed by atoms with E-state index < -0.39 is 12.7 Å². The van der Waals surface area contributed by atoms with Gasteiger partial charge in [-0.15, -0.1) is 0 Å². The Morgan fingerprint density at radius 3 is 2.53 bits per heavy atom. The van der Waals surface area contributed by atoms with Crippen LogP contribution in [-0.2, 0) is 7.05 Å². The number of tetrazole rings is 1. The fourth-order valence-electron chi connectivity index (χ4n) is 1.06. The largest absolute Gasteiger partial charge is 0.406 e. The van der Waals surface area contributed by atoms with Crippen molar-refractivity contribution in [1.29, 1.82) is 0 Å². The van der Waals surface area contributed by atoms with Crippen LogP contribution in [0.2, 0.25) is 0 Å². The van der Waals surface area contributed by atoms with Gasteiger partial charge in [0.1, 0.15) is 6.54 Å². The first-order chi connectivity index (χ1) is 6.94. The summed E-state index contributed by atoms with van der Waals surface area (Å²) in [7, 11) is 1.49. The van der Waals surface area contributed by atoms with Crippen LogP contribution in [0.1, 0.15) is 0 Å². The van der Waals surface area contributed by atoms with Gasteiger partial charge in [-0.1, -0.05) is 21.0 Å². The third-order valence-electron chi connectivity index (χ3n) is 1.61. The maximum Gasteiger partial charge on any atom is 0.406 e. The van der Waals surface area contributed by atoms with Crippen LogP contribution in [0.3, 0.4) is 0 Å². The quantitative estimate of drug-likeness (QED) is 0.775. The summed E-state index contributed by atoms with van der Waals surface area (Å²) in [6.45, 7) is -0.874. The Balaban J connectivity index is 2.79. The van der Waals surface area contributed by atoms with Crippen molar-refractivity contribution in [2.45, 2.75) is 6.18 Å². The molecule has 1 rings (SSSR count). The van der Waals surface area contributed by atoms with Crippen molar-refractivity contribution in [2.75, 3.05) is 23.3 Å². The van der Waals surface area contributed by atoms with Gasteiger partial charge in [0.05, 0.1) is 0 Å². The van der Waals surface area contributed by atoms with Crippen LogP contribution in [-0.4, -0.2) is 44.8 Å². The van der Waals surface area contributed by atoms with Crippen molar-refractivity contribution >= 4 is 21.9 Å². The van der Waals surface area contributed by atoms with Crippen LogP contribution < -0.4 is 4.90 Å². The monoisotopic (exact) mass is 287 g/mol. The molecule has 0 unspecified atom stereocenters. The van der Waals surface area contributed by atoms with Gasteiger partial charge in [0.15, 0.2) is 0 Å². The lowest BCUT2D eigenvalue weighted by Gasteiger charge is -2.22. The van der Waals surface area contributed by atoms with Gasteiger partial charge in [0.2, 0.25) is 5.95 Å². The highest BCUT2D eigenvalue weighted by Crippen LogP contribution is 2.19. The van der Waals surface area contributed by atoms with E-state index in [0.29, 0.717) is 5.33 Å². The summed E-state index contributed by atoms with van der Waals surface area (Å²) in [5, 5.41) is 10.7. The second-order valence-electron chi connectivity index (χ2n) is 2.83. The van der Waals surface area contributed by atoms with E-state index in [1.807, 2.05) is 0 Å². The first kappa shape index (κ1) is 12.2. The van der Waals surface area contributed by atoms with Gasteiger partial charge in [-0.05, 0) is 10.4 Å². The van der Waals surface area contributed by atoms with Crippen LogP contribution in [0.5, 0.6) is 0 Å². The molecule has 0 amide bonds. The molecule has 0 aliphatic heterocycles. The number of halogens is 4. The Kier molecular flexibility index (Phi) is 3.89. The highest BCUT2D eigenvalue weighted by atomic mass is 79.9. The summed E-state index contributed by atoms with van der Waals surface area (Å²) in [6, 6.07) is 0. The minimum atomic E-state index is -4.27. The lowest BCUT2D eigenvalue weighted by molar-refractivity contribution is -0.119. The normalized spacial score (nSPS) is 11.8. The number of hydrogen-bond donors (Lipinski definition) is 0. The molecule has 0 aliphatic rings. The zero-order valence-electron chi connectivity index (χ0n) is 7.87. The van der Waals surface area contributed by atoms with Crippen LogP contribution in [0.25, 0.3) is 0 Å². The minimum Gasteiger partial charge on any atom is -0.330 e. The van der Waals surface area contributed by atoms with Crippen molar-refractivity contribution in [1.82, 2.24) is 20.2 Å². The van der Waals surface area contributed by atoms with Crippen molar-refractivity contribution < 1.29 is 13.2 Å². The molecule has 0 saturated heterocycles. The Morgan fingerprint density at radius 2 is 2.13 bits per heavy atom. The number of aryl methyl sites for hydroxylation is 1. The lowest BCUT2D eigenvalue weighted by atomic mass is 10.5. The average molecular weight is 288 g/mol. The fourth-order valence-corrected chi connectivity index (χ4v) is 1.49. The number of hydrogen-bond acceptors (Lipinski definition) is 4. The van der Waals surface area contributed by atoms with Crippen molar-refractivity contribution in [3.05, 3.63) is 0 Å². The van der Waals surface area contributed by atoms with Crippen LogP contribution in [0.4, 0.5) is 19.1 Å². The molecular formula is C6H9BrF3N5. The van der Waals surface area contributed by atoms with E-state index in [4.69, 9.17) is 0 Å². The summed E-state index contributed by atoms with van der Waals surface area (Å²) in [5.74, 6) is 0.103. The molecule has 1 aromatic heterocycles. The third kappa shape index (κ3) is 3.65. The second-order valence-corrected chi connectivity index (χ2v) is 3.62. The Labute approximate surface area is 92.4 Å². The van der Waals surface area contributed by atoms with E-state index in [1.165, 1.54) is 11.7 Å². The third-order valence-corrected chi connectivity index (χ3v) is 1.96. The molecule has 0 saturated carbocycles. The first-order valence-corrected chi connectivity index (χ1v) is 5.16. The number of alkyl halides is 4. The molecule has 9 heteroatoms. The molecule has 5 nitrogen and oxygen atoms in total. The highest BCUT2D eigenvalue weighted by Gasteiger charge is 2.32. The fraction of sp³-hybridized carbons (Fsp3) is 0.833. The zero-order valence-corrected chi connectivity index (χ0v) is 9.46. The van der Waals surface area contributed by atoms with Crippen molar-refractivity contribution in [3.8, 4) is 0 Å². The van der Waals surface area contributed by atoms with Crippen LogP contribution in [0.15, 0.2) is 0 Å². The molecule has 0 atom stereocenters. The van der Waals surface area contributed by atoms with E-state index in [0.717, 1.165) is 4.90 Å². The van der Waals surface area contributed by atoms with E-state index in [9.17, 15) is 13.2 Å². The van der Waals surface area contributed by atoms with Gasteiger partial charge in [-0.2, -0.15) is 13.2 Å². The second kappa shape index (κ2) is 4.77. The molecule has 0 radical (unpaired) electrons. The van der Waals surface area contributed by atoms with E-state index in [-0.39, 0.29) is 12.5 Å². The number of aromatic nitrogens is 4. The maximum atomic E-state index is 12.2. The first-order valence-electron chi connectivity index (χ1n) is 4.04. The predicted molar refractivity (Wildman–Crippen MR) is 50.9 cm³/mol. The van der Waals surface area contributed by atoms with Crippen LogP contribution in [0, 0.1) is 0 Å². The standard InChI is InChI=1S/C6H9BrF3N5/c1-14-5(11-12-13-14)15(3-2-7)4-6(8,9)10/h2-4H2,1H3. The lowest BCUT2D eigenvalue weighted by Crippen LogP contribution is -2.37. The van der Waals surface area contributed by atoms with Gasteiger partial charge < -0.3 is 4.90 Å². The highest BCUT2D eigenvalue weighted by molar-refractivity contribution is 9.09. The van der Waals surface area contributed by atoms with Crippen LogP contribution >= 0.6 is 15.9 Å². The van der Waals surface area contributed by atoms with Crippen molar-refractivity contribution in [2.24, 2.45) is 7.05 Å². The minimum absolute atomic E-state index is 0.103. The molecule has 86 valence electrons. The molecule has 0 aliphatic carbocycles. The van der Waals surface area contributed by atoms with Gasteiger partial charge in [-0.25, -0.2) is 4.68 Å². The van der Waals surface area contributed by atoms with Gasteiger partial charge in [0, 0.05) is 18.9 Å². The summed E-state index contributed by atoms with van der Waals surface area (Å²) in [4.78, 5) is 1.06. The molecule has 15 heavy (non-hydrogen) atoms. The Hall–Kier alpha value is -0.860. The zero-order chi connectivity index (χ0) is 11.5. The molecular weight excluding hydrogens is 279 g/mol. The van der Waals surface area contributed by atoms with Gasteiger partial charge >= 0.3 is 6.18 Å². The van der Waals surface area contributed by atoms with E-state index in [2.05, 4.69) is 31.5 Å². The van der Waals surface area contributed by atoms with E-state index >= 15 is 0 Å². The molecule has 0 spiro atoms. The number of rotatable bonds is 4. The summed E-state index contributed by atoms with van der Waals surface area (Å²) in [6.07, 6.45) is -4.27. The van der Waals surface area contributed by atoms with Gasteiger partial charge in [-0.3, -0.25) is 0 Å². The molecule has 0 fully saturated rings. The summed E-state index contributed by atoms with van der Waals surface area (Å²) >= 11 is 3.08. The molecule has 0 bridgehead atoms. The van der Waals surface area contributed by atoms with E-state index in [1.54, 1.807) is 0 Å². The maximum absolute atomic E-state index is 12.2. The average Bonchev–Trinajstić information content (AvgIpc) is 2.48. The molecule has 0 aromatic carbocycles. The SMILES string of the molecule is Cn1nnnc1N(CCBr)CC(F)(F)F. The van der Waals surface area contributed by atoms with Gasteiger partial charge in [0.25, 0.3) is 0 Å². The number of anilines is 1. The smallest absolute Gasteiger partial charge is 0.330 e. The predicted octanol–water partition coefficient (Wildman–Crippen LogP) is 0.974. The summed E-state index contributed by atoms with van der Waals surface area (Å²) in [5.41, 5.74) is 0. The topological polar surface area (TPSA) is 46.8 Å². The number of nitrogens with zero attached hydrogens (tertiary/aromatic N) is 5. The van der Waals surface area contributed by atoms with Crippen molar-refractivity contribution in [3.63, 3.8) is 0 Å². The molecule has 1 aromatic rings. The molecule has 1 heterocycles. The molecule has 0 N–H and O–H groups in total. The summed E-state index contributed by atoms with van der Waals surface area (Å²) < 4.78 is 37.9. The Morgan fingerprint density at radius 1 is 1.47 bits per heavy atom. The Bertz CT molecular complexity index is 312.